The zero-order chi connectivity index (χ0) is 14.0. The predicted molar refractivity (Wildman–Crippen MR) is 75.4 cm³/mol. The van der Waals surface area contributed by atoms with Gasteiger partial charge in [0.25, 0.3) is 0 Å². The van der Waals surface area contributed by atoms with Crippen molar-refractivity contribution >= 4 is 5.91 Å². The first-order valence-electron chi connectivity index (χ1n) is 6.95. The number of methoxy groups -OCH3 is 1. The Kier molecular flexibility index (Phi) is 9.98. The average molecular weight is 258 g/mol. The summed E-state index contributed by atoms with van der Waals surface area (Å²) in [6.45, 7) is 6.59. The van der Waals surface area contributed by atoms with Gasteiger partial charge < -0.3 is 15.4 Å². The summed E-state index contributed by atoms with van der Waals surface area (Å²) in [5.41, 5.74) is 5.61. The molecule has 108 valence electrons. The van der Waals surface area contributed by atoms with Gasteiger partial charge in [0.05, 0.1) is 0 Å². The molecule has 2 N–H and O–H groups in total. The summed E-state index contributed by atoms with van der Waals surface area (Å²) in [5.74, 6) is 1.39. The fourth-order valence-corrected chi connectivity index (χ4v) is 2.10. The van der Waals surface area contributed by atoms with Crippen LogP contribution in [0.4, 0.5) is 0 Å². The largest absolute Gasteiger partial charge is 0.385 e. The van der Waals surface area contributed by atoms with Crippen LogP contribution in [0.5, 0.6) is 0 Å². The van der Waals surface area contributed by atoms with E-state index in [0.29, 0.717) is 31.4 Å². The highest BCUT2D eigenvalue weighted by Gasteiger charge is 2.16. The Morgan fingerprint density at radius 3 is 2.50 bits per heavy atom. The molecule has 0 bridgehead atoms. The molecule has 0 fully saturated rings. The molecule has 0 aromatic heterocycles. The maximum Gasteiger partial charge on any atom is 0.222 e. The van der Waals surface area contributed by atoms with Gasteiger partial charge in [0.2, 0.25) is 5.91 Å². The van der Waals surface area contributed by atoms with Crippen LogP contribution in [0.25, 0.3) is 0 Å². The first-order chi connectivity index (χ1) is 8.52. The van der Waals surface area contributed by atoms with Gasteiger partial charge in [-0.3, -0.25) is 4.79 Å². The predicted octanol–water partition coefficient (Wildman–Crippen LogP) is 1.88. The molecule has 0 aliphatic rings. The van der Waals surface area contributed by atoms with Crippen molar-refractivity contribution in [2.45, 2.75) is 39.5 Å². The van der Waals surface area contributed by atoms with Crippen LogP contribution >= 0.6 is 0 Å². The number of hydrogen-bond acceptors (Lipinski definition) is 3. The Bertz CT molecular complexity index is 220. The van der Waals surface area contributed by atoms with Crippen molar-refractivity contribution in [3.05, 3.63) is 0 Å². The molecule has 0 aliphatic carbocycles. The van der Waals surface area contributed by atoms with Crippen molar-refractivity contribution in [2.24, 2.45) is 17.6 Å². The number of nitrogens with zero attached hydrogens (tertiary/aromatic N) is 1. The lowest BCUT2D eigenvalue weighted by Crippen LogP contribution is -2.29. The van der Waals surface area contributed by atoms with E-state index in [-0.39, 0.29) is 5.91 Å². The minimum absolute atomic E-state index is 0.230. The normalized spacial score (nSPS) is 12.8. The number of nitrogens with two attached hydrogens (primary N) is 1. The van der Waals surface area contributed by atoms with Crippen LogP contribution in [-0.2, 0) is 9.53 Å². The van der Waals surface area contributed by atoms with E-state index in [9.17, 15) is 4.79 Å². The number of carbonyl (C=O) groups is 1. The van der Waals surface area contributed by atoms with Crippen LogP contribution in [-0.4, -0.2) is 44.7 Å². The van der Waals surface area contributed by atoms with Gasteiger partial charge in [-0.2, -0.15) is 0 Å². The average Bonchev–Trinajstić information content (AvgIpc) is 2.33. The van der Waals surface area contributed by atoms with Crippen LogP contribution in [0.2, 0.25) is 0 Å². The summed E-state index contributed by atoms with van der Waals surface area (Å²) >= 11 is 0. The molecular formula is C14H30N2O2. The molecular weight excluding hydrogens is 228 g/mol. The molecule has 0 saturated heterocycles. The molecule has 0 spiro atoms. The van der Waals surface area contributed by atoms with Gasteiger partial charge in [-0.05, 0) is 37.6 Å². The van der Waals surface area contributed by atoms with Gasteiger partial charge in [-0.1, -0.05) is 13.8 Å². The minimum Gasteiger partial charge on any atom is -0.385 e. The molecule has 0 aliphatic heterocycles. The SMILES string of the molecule is COCCCN(C)C(=O)CCC(CCN)C(C)C. The van der Waals surface area contributed by atoms with E-state index >= 15 is 0 Å². The van der Waals surface area contributed by atoms with Gasteiger partial charge >= 0.3 is 0 Å². The molecule has 4 heteroatoms. The van der Waals surface area contributed by atoms with Crippen molar-refractivity contribution in [3.63, 3.8) is 0 Å². The fourth-order valence-electron chi connectivity index (χ4n) is 2.10. The summed E-state index contributed by atoms with van der Waals surface area (Å²) in [7, 11) is 3.55. The summed E-state index contributed by atoms with van der Waals surface area (Å²) in [6.07, 6.45) is 3.49. The molecule has 0 heterocycles. The number of amides is 1. The molecule has 1 amide bonds. The molecule has 18 heavy (non-hydrogen) atoms. The maximum atomic E-state index is 11.9. The Balaban J connectivity index is 3.91. The highest BCUT2D eigenvalue weighted by molar-refractivity contribution is 5.75. The first kappa shape index (κ1) is 17.4. The van der Waals surface area contributed by atoms with Crippen molar-refractivity contribution in [1.29, 1.82) is 0 Å². The van der Waals surface area contributed by atoms with E-state index in [0.717, 1.165) is 25.8 Å². The second-order valence-electron chi connectivity index (χ2n) is 5.28. The van der Waals surface area contributed by atoms with Gasteiger partial charge in [0.1, 0.15) is 0 Å². The standard InChI is InChI=1S/C14H30N2O2/c1-12(2)13(8-9-15)6-7-14(17)16(3)10-5-11-18-4/h12-13H,5-11,15H2,1-4H3. The lowest BCUT2D eigenvalue weighted by atomic mass is 9.88. The van der Waals surface area contributed by atoms with Crippen LogP contribution < -0.4 is 5.73 Å². The third-order valence-corrected chi connectivity index (χ3v) is 3.48. The molecule has 0 radical (unpaired) electrons. The first-order valence-corrected chi connectivity index (χ1v) is 6.95. The Hall–Kier alpha value is -0.610. The maximum absolute atomic E-state index is 11.9. The molecule has 1 unspecified atom stereocenters. The van der Waals surface area contributed by atoms with Crippen LogP contribution in [0.1, 0.15) is 39.5 Å². The van der Waals surface area contributed by atoms with Crippen LogP contribution in [0, 0.1) is 11.8 Å². The van der Waals surface area contributed by atoms with E-state index in [1.165, 1.54) is 0 Å². The third kappa shape index (κ3) is 7.67. The molecule has 1 atom stereocenters. The van der Waals surface area contributed by atoms with E-state index in [1.807, 2.05) is 7.05 Å². The van der Waals surface area contributed by atoms with Crippen molar-refractivity contribution < 1.29 is 9.53 Å². The molecule has 0 rings (SSSR count). The smallest absolute Gasteiger partial charge is 0.222 e. The Morgan fingerprint density at radius 1 is 1.33 bits per heavy atom. The second-order valence-corrected chi connectivity index (χ2v) is 5.28. The zero-order valence-electron chi connectivity index (χ0n) is 12.4. The summed E-state index contributed by atoms with van der Waals surface area (Å²) in [4.78, 5) is 13.7. The van der Waals surface area contributed by atoms with Crippen molar-refractivity contribution in [1.82, 2.24) is 4.90 Å². The lowest BCUT2D eigenvalue weighted by molar-refractivity contribution is -0.130. The quantitative estimate of drug-likeness (QED) is 0.609. The second kappa shape index (κ2) is 10.3. The van der Waals surface area contributed by atoms with Crippen LogP contribution in [0.3, 0.4) is 0 Å². The summed E-state index contributed by atoms with van der Waals surface area (Å²) in [6, 6.07) is 0. The van der Waals surface area contributed by atoms with Crippen molar-refractivity contribution in [2.75, 3.05) is 33.9 Å². The third-order valence-electron chi connectivity index (χ3n) is 3.48. The topological polar surface area (TPSA) is 55.6 Å². The number of rotatable bonds is 10. The number of carbonyl (C=O) groups excluding carboxylic acids is 1. The lowest BCUT2D eigenvalue weighted by Gasteiger charge is -2.22. The minimum atomic E-state index is 0.230. The zero-order valence-corrected chi connectivity index (χ0v) is 12.4. The molecule has 0 aromatic rings. The summed E-state index contributed by atoms with van der Waals surface area (Å²) < 4.78 is 4.98. The van der Waals surface area contributed by atoms with Gasteiger partial charge in [0.15, 0.2) is 0 Å². The van der Waals surface area contributed by atoms with E-state index in [2.05, 4.69) is 13.8 Å². The highest BCUT2D eigenvalue weighted by atomic mass is 16.5. The number of ether oxygens (including phenoxy) is 1. The van der Waals surface area contributed by atoms with E-state index < -0.39 is 0 Å². The highest BCUT2D eigenvalue weighted by Crippen LogP contribution is 2.20. The molecule has 0 aromatic carbocycles. The van der Waals surface area contributed by atoms with Crippen molar-refractivity contribution in [3.8, 4) is 0 Å². The van der Waals surface area contributed by atoms with Crippen LogP contribution in [0.15, 0.2) is 0 Å². The van der Waals surface area contributed by atoms with E-state index in [1.54, 1.807) is 12.0 Å². The summed E-state index contributed by atoms with van der Waals surface area (Å²) in [5, 5.41) is 0. The Morgan fingerprint density at radius 2 is 2.00 bits per heavy atom. The fraction of sp³-hybridized carbons (Fsp3) is 0.929. The van der Waals surface area contributed by atoms with Gasteiger partial charge in [0, 0.05) is 33.7 Å². The monoisotopic (exact) mass is 258 g/mol. The molecule has 0 saturated carbocycles. The Labute approximate surface area is 112 Å². The van der Waals surface area contributed by atoms with Gasteiger partial charge in [-0.25, -0.2) is 0 Å². The molecule has 4 nitrogen and oxygen atoms in total. The van der Waals surface area contributed by atoms with Gasteiger partial charge in [-0.15, -0.1) is 0 Å². The number of hydrogen-bond donors (Lipinski definition) is 1. The van der Waals surface area contributed by atoms with E-state index in [4.69, 9.17) is 10.5 Å².